The number of carbonyl (C=O) groups is 1. The Morgan fingerprint density at radius 2 is 2.12 bits per heavy atom. The van der Waals surface area contributed by atoms with Crippen molar-refractivity contribution in [2.45, 2.75) is 13.8 Å². The molecule has 0 aliphatic rings. The van der Waals surface area contributed by atoms with Gasteiger partial charge in [0.2, 0.25) is 0 Å². The Balaban J connectivity index is 2.21. The first-order valence-corrected chi connectivity index (χ1v) is 5.99. The summed E-state index contributed by atoms with van der Waals surface area (Å²) in [5.74, 6) is 0.559. The number of anilines is 1. The SMILES string of the molecule is Cc1cc(C(=O)Nc2cccc(Br)c2C)co1. The van der Waals surface area contributed by atoms with E-state index in [2.05, 4.69) is 21.2 Å². The Bertz CT molecular complexity index is 560. The van der Waals surface area contributed by atoms with E-state index in [0.29, 0.717) is 5.56 Å². The van der Waals surface area contributed by atoms with Crippen molar-refractivity contribution < 1.29 is 9.21 Å². The molecule has 0 unspecified atom stereocenters. The van der Waals surface area contributed by atoms with Gasteiger partial charge in [-0.1, -0.05) is 22.0 Å². The van der Waals surface area contributed by atoms with Crippen LogP contribution in [0.1, 0.15) is 21.7 Å². The van der Waals surface area contributed by atoms with E-state index in [-0.39, 0.29) is 5.91 Å². The van der Waals surface area contributed by atoms with Crippen molar-refractivity contribution in [2.24, 2.45) is 0 Å². The van der Waals surface area contributed by atoms with Gasteiger partial charge >= 0.3 is 0 Å². The second kappa shape index (κ2) is 4.75. The average molecular weight is 294 g/mol. The lowest BCUT2D eigenvalue weighted by molar-refractivity contribution is 0.102. The molecule has 0 bridgehead atoms. The maximum atomic E-state index is 11.9. The first-order chi connectivity index (χ1) is 8.08. The van der Waals surface area contributed by atoms with Gasteiger partial charge in [0.1, 0.15) is 12.0 Å². The zero-order valence-electron chi connectivity index (χ0n) is 9.58. The summed E-state index contributed by atoms with van der Waals surface area (Å²) < 4.78 is 6.08. The maximum absolute atomic E-state index is 11.9. The Labute approximate surface area is 108 Å². The molecule has 0 spiro atoms. The summed E-state index contributed by atoms with van der Waals surface area (Å²) in [5, 5.41) is 2.85. The summed E-state index contributed by atoms with van der Waals surface area (Å²) in [4.78, 5) is 11.9. The lowest BCUT2D eigenvalue weighted by Crippen LogP contribution is -2.11. The summed E-state index contributed by atoms with van der Waals surface area (Å²) in [6, 6.07) is 7.40. The van der Waals surface area contributed by atoms with E-state index in [0.717, 1.165) is 21.5 Å². The second-order valence-electron chi connectivity index (χ2n) is 3.81. The van der Waals surface area contributed by atoms with Gasteiger partial charge in [-0.2, -0.15) is 0 Å². The fourth-order valence-corrected chi connectivity index (χ4v) is 1.87. The van der Waals surface area contributed by atoms with Gasteiger partial charge in [-0.3, -0.25) is 4.79 Å². The summed E-state index contributed by atoms with van der Waals surface area (Å²) in [5.41, 5.74) is 2.33. The van der Waals surface area contributed by atoms with Crippen LogP contribution in [0, 0.1) is 13.8 Å². The molecule has 0 fully saturated rings. The van der Waals surface area contributed by atoms with Crippen LogP contribution in [-0.4, -0.2) is 5.91 Å². The number of amides is 1. The molecule has 1 N–H and O–H groups in total. The number of benzene rings is 1. The molecule has 1 aromatic carbocycles. The van der Waals surface area contributed by atoms with Gasteiger partial charge in [-0.15, -0.1) is 0 Å². The highest BCUT2D eigenvalue weighted by atomic mass is 79.9. The molecule has 0 aliphatic carbocycles. The average Bonchev–Trinajstić information content (AvgIpc) is 2.72. The highest BCUT2D eigenvalue weighted by Crippen LogP contribution is 2.24. The third-order valence-corrected chi connectivity index (χ3v) is 3.37. The molecule has 2 aromatic rings. The van der Waals surface area contributed by atoms with Crippen LogP contribution in [0.25, 0.3) is 0 Å². The molecule has 4 heteroatoms. The molecule has 1 heterocycles. The Hall–Kier alpha value is -1.55. The second-order valence-corrected chi connectivity index (χ2v) is 4.67. The molecule has 0 radical (unpaired) electrons. The van der Waals surface area contributed by atoms with Gasteiger partial charge in [0.15, 0.2) is 0 Å². The number of carbonyl (C=O) groups excluding carboxylic acids is 1. The van der Waals surface area contributed by atoms with Crippen LogP contribution < -0.4 is 5.32 Å². The van der Waals surface area contributed by atoms with Crippen LogP contribution >= 0.6 is 15.9 Å². The van der Waals surface area contributed by atoms with Crippen LogP contribution in [0.5, 0.6) is 0 Å². The third kappa shape index (κ3) is 2.58. The van der Waals surface area contributed by atoms with E-state index < -0.39 is 0 Å². The van der Waals surface area contributed by atoms with Gasteiger partial charge in [0, 0.05) is 10.2 Å². The number of hydrogen-bond acceptors (Lipinski definition) is 2. The smallest absolute Gasteiger partial charge is 0.258 e. The maximum Gasteiger partial charge on any atom is 0.258 e. The largest absolute Gasteiger partial charge is 0.469 e. The number of halogens is 1. The molecule has 0 atom stereocenters. The normalized spacial score (nSPS) is 10.3. The molecular weight excluding hydrogens is 282 g/mol. The Morgan fingerprint density at radius 3 is 2.76 bits per heavy atom. The van der Waals surface area contributed by atoms with Gasteiger partial charge in [0.05, 0.1) is 5.56 Å². The predicted octanol–water partition coefficient (Wildman–Crippen LogP) is 3.91. The summed E-state index contributed by atoms with van der Waals surface area (Å²) in [6.45, 7) is 3.75. The van der Waals surface area contributed by atoms with Crippen molar-refractivity contribution in [3.8, 4) is 0 Å². The van der Waals surface area contributed by atoms with Crippen LogP contribution in [-0.2, 0) is 0 Å². The standard InChI is InChI=1S/C13H12BrNO2/c1-8-6-10(7-17-8)13(16)15-12-5-3-4-11(14)9(12)2/h3-7H,1-2H3,(H,15,16). The van der Waals surface area contributed by atoms with Crippen molar-refractivity contribution in [3.05, 3.63) is 51.9 Å². The molecule has 0 saturated heterocycles. The highest BCUT2D eigenvalue weighted by Gasteiger charge is 2.10. The van der Waals surface area contributed by atoms with E-state index in [9.17, 15) is 4.79 Å². The molecule has 3 nitrogen and oxygen atoms in total. The van der Waals surface area contributed by atoms with Crippen LogP contribution in [0.15, 0.2) is 39.4 Å². The number of nitrogens with one attached hydrogen (secondary N) is 1. The topological polar surface area (TPSA) is 42.2 Å². The van der Waals surface area contributed by atoms with E-state index in [1.54, 1.807) is 13.0 Å². The van der Waals surface area contributed by atoms with Gasteiger partial charge in [-0.25, -0.2) is 0 Å². The van der Waals surface area contributed by atoms with Crippen molar-refractivity contribution in [1.82, 2.24) is 0 Å². The molecule has 0 saturated carbocycles. The minimum absolute atomic E-state index is 0.164. The molecule has 0 aliphatic heterocycles. The van der Waals surface area contributed by atoms with E-state index in [1.165, 1.54) is 6.26 Å². The minimum Gasteiger partial charge on any atom is -0.469 e. The summed E-state index contributed by atoms with van der Waals surface area (Å²) in [6.07, 6.45) is 1.46. The minimum atomic E-state index is -0.164. The van der Waals surface area contributed by atoms with Crippen molar-refractivity contribution in [2.75, 3.05) is 5.32 Å². The summed E-state index contributed by atoms with van der Waals surface area (Å²) in [7, 11) is 0. The van der Waals surface area contributed by atoms with E-state index in [4.69, 9.17) is 4.42 Å². The van der Waals surface area contributed by atoms with Crippen LogP contribution in [0.2, 0.25) is 0 Å². The van der Waals surface area contributed by atoms with Gasteiger partial charge in [-0.05, 0) is 37.6 Å². The monoisotopic (exact) mass is 293 g/mol. The summed E-state index contributed by atoms with van der Waals surface area (Å²) >= 11 is 3.43. The van der Waals surface area contributed by atoms with Crippen LogP contribution in [0.4, 0.5) is 5.69 Å². The van der Waals surface area contributed by atoms with Crippen molar-refractivity contribution >= 4 is 27.5 Å². The number of hydrogen-bond donors (Lipinski definition) is 1. The molecule has 88 valence electrons. The van der Waals surface area contributed by atoms with Crippen molar-refractivity contribution in [1.29, 1.82) is 0 Å². The molecule has 1 aromatic heterocycles. The zero-order valence-corrected chi connectivity index (χ0v) is 11.2. The lowest BCUT2D eigenvalue weighted by Gasteiger charge is -2.08. The Morgan fingerprint density at radius 1 is 1.35 bits per heavy atom. The molecule has 1 amide bonds. The zero-order chi connectivity index (χ0) is 12.4. The molecular formula is C13H12BrNO2. The molecule has 2 rings (SSSR count). The fraction of sp³-hybridized carbons (Fsp3) is 0.154. The number of rotatable bonds is 2. The van der Waals surface area contributed by atoms with E-state index >= 15 is 0 Å². The quantitative estimate of drug-likeness (QED) is 0.912. The van der Waals surface area contributed by atoms with E-state index in [1.807, 2.05) is 25.1 Å². The fourth-order valence-electron chi connectivity index (χ4n) is 1.50. The molecule has 17 heavy (non-hydrogen) atoms. The number of aryl methyl sites for hydroxylation is 1. The first-order valence-electron chi connectivity index (χ1n) is 5.19. The third-order valence-electron chi connectivity index (χ3n) is 2.51. The van der Waals surface area contributed by atoms with Crippen molar-refractivity contribution in [3.63, 3.8) is 0 Å². The highest BCUT2D eigenvalue weighted by molar-refractivity contribution is 9.10. The first kappa shape index (κ1) is 11.9. The van der Waals surface area contributed by atoms with Crippen LogP contribution in [0.3, 0.4) is 0 Å². The number of furan rings is 1. The van der Waals surface area contributed by atoms with Gasteiger partial charge < -0.3 is 9.73 Å². The predicted molar refractivity (Wildman–Crippen MR) is 70.3 cm³/mol. The Kier molecular flexibility index (Phi) is 3.33. The lowest BCUT2D eigenvalue weighted by atomic mass is 10.2. The van der Waals surface area contributed by atoms with Gasteiger partial charge in [0.25, 0.3) is 5.91 Å².